The van der Waals surface area contributed by atoms with Crippen LogP contribution in [0.25, 0.3) is 45.0 Å². The van der Waals surface area contributed by atoms with Gasteiger partial charge in [-0.1, -0.05) is 71.6 Å². The van der Waals surface area contributed by atoms with E-state index in [1.807, 2.05) is 220 Å². The van der Waals surface area contributed by atoms with Gasteiger partial charge in [0.2, 0.25) is 0 Å². The van der Waals surface area contributed by atoms with Gasteiger partial charge in [0.15, 0.2) is 46.0 Å². The number of rotatable bonds is 22. The van der Waals surface area contributed by atoms with Crippen LogP contribution in [-0.2, 0) is 0 Å². The average Bonchev–Trinajstić information content (AvgIpc) is 0.768. The van der Waals surface area contributed by atoms with Crippen LogP contribution < -0.4 is 66.6 Å². The van der Waals surface area contributed by atoms with E-state index in [0.717, 1.165) is 147 Å². The van der Waals surface area contributed by atoms with Crippen molar-refractivity contribution < 1.29 is 56.8 Å². The molecule has 0 fully saturated rings. The number of aromatic nitrogens is 4. The van der Waals surface area contributed by atoms with Crippen molar-refractivity contribution in [2.75, 3.05) is 95.1 Å². The summed E-state index contributed by atoms with van der Waals surface area (Å²) in [6.07, 6.45) is 7.30. The lowest BCUT2D eigenvalue weighted by atomic mass is 9.95. The Morgan fingerprint density at radius 2 is 0.484 bits per heavy atom. The van der Waals surface area contributed by atoms with E-state index in [9.17, 15) is 0 Å². The van der Waals surface area contributed by atoms with Gasteiger partial charge in [0.25, 0.3) is 0 Å². The molecule has 18 nitrogen and oxygen atoms in total. The lowest BCUT2D eigenvalue weighted by Crippen LogP contribution is -2.09. The normalized spacial score (nSPS) is 10.4. The molecule has 0 saturated heterocycles. The Hall–Kier alpha value is -15.8. The molecule has 4 heterocycles. The van der Waals surface area contributed by atoms with Crippen LogP contribution in [0, 0.1) is 75.1 Å². The van der Waals surface area contributed by atoms with Gasteiger partial charge in [-0.25, -0.2) is 0 Å². The van der Waals surface area contributed by atoms with Crippen LogP contribution in [0.5, 0.6) is 69.0 Å². The second kappa shape index (κ2) is 39.5. The molecule has 18 heteroatoms. The van der Waals surface area contributed by atoms with E-state index in [2.05, 4.69) is 127 Å². The highest BCUT2D eigenvalue weighted by atomic mass is 16.5. The number of methoxy groups -OCH3 is 12. The summed E-state index contributed by atoms with van der Waals surface area (Å²) >= 11 is 0. The Morgan fingerprint density at radius 3 is 0.713 bits per heavy atom. The molecule has 0 aliphatic carbocycles. The molecule has 0 unspecified atom stereocenters. The highest BCUT2D eigenvalue weighted by Gasteiger charge is 2.29. The fourth-order valence-electron chi connectivity index (χ4n) is 14.0. The zero-order valence-corrected chi connectivity index (χ0v) is 70.8. The fraction of sp³-hybridized carbons (Fsp3) is 0.154. The van der Waals surface area contributed by atoms with Crippen LogP contribution in [0.2, 0.25) is 0 Å². The lowest BCUT2D eigenvalue weighted by molar-refractivity contribution is 0.326. The van der Waals surface area contributed by atoms with Crippen molar-refractivity contribution in [1.29, 1.82) is 0 Å². The molecule has 122 heavy (non-hydrogen) atoms. The summed E-state index contributed by atoms with van der Waals surface area (Å²) in [7, 11) is 19.2. The third-order valence-corrected chi connectivity index (χ3v) is 20.3. The predicted molar refractivity (Wildman–Crippen MR) is 482 cm³/mol. The van der Waals surface area contributed by atoms with Crippen molar-refractivity contribution in [2.45, 2.75) is 27.7 Å². The van der Waals surface area contributed by atoms with E-state index < -0.39 is 0 Å². The highest BCUT2D eigenvalue weighted by Crippen LogP contribution is 2.50. The number of nitrogens with zero attached hydrogens (tertiary/aromatic N) is 6. The van der Waals surface area contributed by atoms with Gasteiger partial charge in [0, 0.05) is 92.3 Å². The molecule has 0 atom stereocenters. The first-order valence-electron chi connectivity index (χ1n) is 38.8. The van der Waals surface area contributed by atoms with Gasteiger partial charge < -0.3 is 66.6 Å². The summed E-state index contributed by atoms with van der Waals surface area (Å²) in [5.74, 6) is 32.6. The maximum atomic E-state index is 5.95. The molecule has 0 aliphatic rings. The topological polar surface area (TPSA) is 169 Å². The molecule has 4 aromatic heterocycles. The summed E-state index contributed by atoms with van der Waals surface area (Å²) in [5, 5.41) is 0. The lowest BCUT2D eigenvalue weighted by Gasteiger charge is -2.25. The minimum Gasteiger partial charge on any atom is -0.497 e. The number of hydrogen-bond donors (Lipinski definition) is 0. The SMILES string of the molecule is COc1ccc(N(c2ccc(C#Cc3c(OC)c(OC)c(C#Cc4cc(C)c(-c5ccc(-c6ccccn6)nc5)cc4C)c(OC)c3OC)cc2)c2ccc(OC)cc2)cc1.COc1ccc(N(c2ccc(C#Cc3c(OC)c(OC)c(C#Cc4cc(C)c(-c5ccc(-c6ccccn6)nc5)cc4C)c(OC)c3OC)cc2)c2ccc(OC)cc2)cc1. The second-order valence-corrected chi connectivity index (χ2v) is 27.6. The summed E-state index contributed by atoms with van der Waals surface area (Å²) < 4.78 is 69.3. The molecule has 0 spiro atoms. The van der Waals surface area contributed by atoms with E-state index in [1.54, 1.807) is 97.7 Å². The zero-order valence-electron chi connectivity index (χ0n) is 70.8. The van der Waals surface area contributed by atoms with Gasteiger partial charge in [-0.2, -0.15) is 0 Å². The Bertz CT molecular complexity index is 5760. The molecule has 0 bridgehead atoms. The first-order chi connectivity index (χ1) is 59.6. The smallest absolute Gasteiger partial charge is 0.181 e. The van der Waals surface area contributed by atoms with Gasteiger partial charge in [-0.05, 0) is 267 Å². The van der Waals surface area contributed by atoms with Gasteiger partial charge in [-0.15, -0.1) is 0 Å². The fourth-order valence-corrected chi connectivity index (χ4v) is 14.0. The van der Waals surface area contributed by atoms with Gasteiger partial charge in [0.1, 0.15) is 45.3 Å². The number of hydrogen-bond acceptors (Lipinski definition) is 18. The van der Waals surface area contributed by atoms with E-state index in [0.29, 0.717) is 68.2 Å². The van der Waals surface area contributed by atoms with Crippen LogP contribution in [0.4, 0.5) is 34.1 Å². The van der Waals surface area contributed by atoms with Crippen molar-refractivity contribution in [1.82, 2.24) is 19.9 Å². The molecular formula is C104H90N6O12. The third kappa shape index (κ3) is 18.6. The van der Waals surface area contributed by atoms with E-state index in [1.165, 1.54) is 0 Å². The highest BCUT2D eigenvalue weighted by molar-refractivity contribution is 5.83. The molecule has 14 rings (SSSR count). The minimum absolute atomic E-state index is 0.378. The van der Waals surface area contributed by atoms with Crippen molar-refractivity contribution in [3.05, 3.63) is 322 Å². The molecule has 608 valence electrons. The Balaban J connectivity index is 0.000000210. The Labute approximate surface area is 713 Å². The predicted octanol–water partition coefficient (Wildman–Crippen LogP) is 21.5. The maximum Gasteiger partial charge on any atom is 0.181 e. The first kappa shape index (κ1) is 84.2. The Kier molecular flexibility index (Phi) is 27.2. The van der Waals surface area contributed by atoms with Crippen LogP contribution in [0.3, 0.4) is 0 Å². The number of anilines is 6. The minimum atomic E-state index is 0.378. The molecule has 0 radical (unpaired) electrons. The molecule has 0 amide bonds. The number of ether oxygens (including phenoxy) is 12. The van der Waals surface area contributed by atoms with Crippen LogP contribution in [0.15, 0.2) is 255 Å². The van der Waals surface area contributed by atoms with Gasteiger partial charge >= 0.3 is 0 Å². The number of pyridine rings is 4. The van der Waals surface area contributed by atoms with Crippen LogP contribution >= 0.6 is 0 Å². The van der Waals surface area contributed by atoms with Crippen molar-refractivity contribution in [3.8, 4) is 161 Å². The second-order valence-electron chi connectivity index (χ2n) is 27.6. The number of benzene rings is 10. The van der Waals surface area contributed by atoms with Crippen molar-refractivity contribution in [2.24, 2.45) is 0 Å². The quantitative estimate of drug-likeness (QED) is 0.0587. The number of aryl methyl sites for hydroxylation is 4. The summed E-state index contributed by atoms with van der Waals surface area (Å²) in [6.45, 7) is 8.22. The van der Waals surface area contributed by atoms with E-state index in [-0.39, 0.29) is 0 Å². The molecule has 14 aromatic rings. The van der Waals surface area contributed by atoms with E-state index >= 15 is 0 Å². The maximum absolute atomic E-state index is 5.95. The molecule has 10 aromatic carbocycles. The first-order valence-corrected chi connectivity index (χ1v) is 38.8. The standard InChI is InChI=1S/2C52H45N3O6/c2*1-34-32-46(38-16-29-48(54-33-38)47-11-9-10-30-53-47)35(2)31-37(34)15-28-45-51(60-7)49(58-5)44(50(59-6)52(45)61-8)27-14-36-12-17-39(18-13-36)55(40-19-23-42(56-3)24-20-40)41-21-25-43(57-4)26-22-41/h2*9-13,16-26,29-33H,1-8H3. The molecule has 0 saturated carbocycles. The zero-order chi connectivity index (χ0) is 85.8. The van der Waals surface area contributed by atoms with E-state index in [4.69, 9.17) is 56.8 Å². The molecule has 0 N–H and O–H groups in total. The third-order valence-electron chi connectivity index (χ3n) is 20.3. The molecule has 0 aliphatic heterocycles. The van der Waals surface area contributed by atoms with Crippen LogP contribution in [-0.4, -0.2) is 105 Å². The van der Waals surface area contributed by atoms with Gasteiger partial charge in [-0.3, -0.25) is 19.9 Å². The molecular weight excluding hydrogens is 1530 g/mol. The van der Waals surface area contributed by atoms with Crippen molar-refractivity contribution in [3.63, 3.8) is 0 Å². The monoisotopic (exact) mass is 1610 g/mol. The Morgan fingerprint density at radius 1 is 0.230 bits per heavy atom. The average molecular weight is 1620 g/mol. The van der Waals surface area contributed by atoms with Crippen LogP contribution in [0.1, 0.15) is 66.8 Å². The largest absolute Gasteiger partial charge is 0.497 e. The van der Waals surface area contributed by atoms with Gasteiger partial charge in [0.05, 0.1) is 108 Å². The summed E-state index contributed by atoms with van der Waals surface area (Å²) in [6, 6.07) is 75.8. The summed E-state index contributed by atoms with van der Waals surface area (Å²) in [5.41, 5.74) is 22.4. The van der Waals surface area contributed by atoms with Crippen molar-refractivity contribution >= 4 is 34.1 Å². The summed E-state index contributed by atoms with van der Waals surface area (Å²) in [4.78, 5) is 22.5.